The maximum atomic E-state index is 11.1. The summed E-state index contributed by atoms with van der Waals surface area (Å²) in [5.74, 6) is -2.92. The molecule has 0 radical (unpaired) electrons. The zero-order chi connectivity index (χ0) is 29.7. The van der Waals surface area contributed by atoms with Crippen LogP contribution in [0.4, 0.5) is 34.1 Å². The van der Waals surface area contributed by atoms with E-state index >= 15 is 0 Å². The molecule has 0 aromatic heterocycles. The molecule has 0 aliphatic rings. The fourth-order valence-electron chi connectivity index (χ4n) is 2.28. The van der Waals surface area contributed by atoms with Gasteiger partial charge in [0.2, 0.25) is 0 Å². The van der Waals surface area contributed by atoms with E-state index in [1.807, 2.05) is 0 Å². The Morgan fingerprint density at radius 3 is 0.816 bits per heavy atom. The lowest BCUT2D eigenvalue weighted by Gasteiger charge is -2.06. The zero-order valence-corrected chi connectivity index (χ0v) is 19.0. The minimum Gasteiger partial charge on any atom is -0.863 e. The molecule has 38 heavy (non-hydrogen) atoms. The average molecular weight is 546 g/mol. The van der Waals surface area contributed by atoms with E-state index in [0.717, 1.165) is 13.1 Å². The summed E-state index contributed by atoms with van der Waals surface area (Å²) in [5.41, 5.74) is 0.863. The van der Waals surface area contributed by atoms with Crippen LogP contribution in [0.2, 0.25) is 0 Å². The highest BCUT2D eigenvalue weighted by molar-refractivity contribution is 5.64. The summed E-state index contributed by atoms with van der Waals surface area (Å²) in [7, 11) is 0. The first-order valence-corrected chi connectivity index (χ1v) is 9.75. The first kappa shape index (κ1) is 32.4. The summed E-state index contributed by atoms with van der Waals surface area (Å²) >= 11 is 0. The van der Waals surface area contributed by atoms with Crippen molar-refractivity contribution in [1.29, 1.82) is 0 Å². The second-order valence-corrected chi connectivity index (χ2v) is 6.58. The fourth-order valence-corrected chi connectivity index (χ4v) is 2.28. The largest absolute Gasteiger partial charge is 0.863 e. The second-order valence-electron chi connectivity index (χ2n) is 6.58. The predicted molar refractivity (Wildman–Crippen MR) is 116 cm³/mol. The number of hydrogen-bond donors (Lipinski definition) is 2. The number of benzene rings is 2. The van der Waals surface area contributed by atoms with Crippen molar-refractivity contribution in [1.82, 2.24) is 0 Å². The van der Waals surface area contributed by atoms with Crippen molar-refractivity contribution in [3.63, 3.8) is 0 Å². The third kappa shape index (κ3) is 9.19. The van der Waals surface area contributed by atoms with Crippen LogP contribution in [-0.2, 0) is 0 Å². The molecule has 0 amide bonds. The SMILES string of the molecule is O=[N+]([O-])c1cc([N+](=O)[O-])c([O-])c([N+](=O)[O-])c1.O=[N+]([O-])c1cc([N+](=O)[O-])c([O-])c([N+](=O)[O-])c1.[NH3+]CCCC[NH3+]. The van der Waals surface area contributed by atoms with Gasteiger partial charge in [0.25, 0.3) is 34.1 Å². The van der Waals surface area contributed by atoms with Crippen molar-refractivity contribution in [2.75, 3.05) is 13.1 Å². The standard InChI is InChI=1S/2C6H3N3O7.C4H12N2/c2*10-6-4(8(13)14)1-3(7(11)12)2-5(6)9(15)16;5-3-1-2-4-6/h2*1-2,10H;1-6H2. The van der Waals surface area contributed by atoms with Crippen LogP contribution in [0.1, 0.15) is 12.8 Å². The van der Waals surface area contributed by atoms with Crippen LogP contribution in [0, 0.1) is 60.7 Å². The smallest absolute Gasteiger partial charge is 0.283 e. The molecule has 0 aliphatic heterocycles. The van der Waals surface area contributed by atoms with Crippen LogP contribution >= 0.6 is 0 Å². The predicted octanol–water partition coefficient (Wildman–Crippen LogP) is -0.780. The summed E-state index contributed by atoms with van der Waals surface area (Å²) in [5, 5.41) is 84.2. The van der Waals surface area contributed by atoms with Crippen LogP contribution in [0.3, 0.4) is 0 Å². The maximum Gasteiger partial charge on any atom is 0.283 e. The van der Waals surface area contributed by atoms with E-state index in [9.17, 15) is 70.9 Å². The molecule has 6 N–H and O–H groups in total. The van der Waals surface area contributed by atoms with Crippen molar-refractivity contribution in [2.45, 2.75) is 12.8 Å². The van der Waals surface area contributed by atoms with Gasteiger partial charge in [0, 0.05) is 12.8 Å². The molecule has 22 nitrogen and oxygen atoms in total. The van der Waals surface area contributed by atoms with Gasteiger partial charge in [-0.15, -0.1) is 0 Å². The Bertz CT molecular complexity index is 1090. The van der Waals surface area contributed by atoms with Crippen LogP contribution in [0.5, 0.6) is 11.5 Å². The summed E-state index contributed by atoms with van der Waals surface area (Å²) in [6, 6.07) is 1.54. The minimum atomic E-state index is -1.46. The van der Waals surface area contributed by atoms with E-state index in [4.69, 9.17) is 0 Å². The van der Waals surface area contributed by atoms with Crippen molar-refractivity contribution < 1.29 is 51.2 Å². The summed E-state index contributed by atoms with van der Waals surface area (Å²) in [4.78, 5) is 55.0. The number of nitro benzene ring substituents is 6. The molecule has 0 saturated carbocycles. The third-order valence-corrected chi connectivity index (χ3v) is 4.03. The Balaban J connectivity index is 0.000000596. The molecule has 0 heterocycles. The Hall–Kier alpha value is -5.64. The van der Waals surface area contributed by atoms with Gasteiger partial charge < -0.3 is 21.7 Å². The van der Waals surface area contributed by atoms with Gasteiger partial charge in [-0.05, 0) is 0 Å². The second kappa shape index (κ2) is 14.7. The number of nitrogens with zero attached hydrogens (tertiary/aromatic N) is 6. The number of non-ortho nitro benzene ring substituents is 2. The number of nitro groups is 6. The highest BCUT2D eigenvalue weighted by atomic mass is 16.7. The van der Waals surface area contributed by atoms with E-state index in [2.05, 4.69) is 11.5 Å². The molecule has 0 bridgehead atoms. The molecular weight excluding hydrogens is 528 g/mol. The normalized spacial score (nSPS) is 9.63. The first-order chi connectivity index (χ1) is 17.6. The van der Waals surface area contributed by atoms with Crippen LogP contribution in [0.15, 0.2) is 24.3 Å². The molecule has 0 aliphatic carbocycles. The molecule has 22 heteroatoms. The Kier molecular flexibility index (Phi) is 12.5. The number of unbranched alkanes of at least 4 members (excludes halogenated alkanes) is 1. The Labute approximate surface area is 208 Å². The monoisotopic (exact) mass is 546 g/mol. The molecule has 2 aromatic rings. The van der Waals surface area contributed by atoms with Crippen molar-refractivity contribution in [3.8, 4) is 11.5 Å². The topological polar surface area (TPSA) is 360 Å². The summed E-state index contributed by atoms with van der Waals surface area (Å²) in [6.07, 6.45) is 2.48. The van der Waals surface area contributed by atoms with E-state index < -0.39 is 75.2 Å². The number of quaternary nitrogens is 2. The van der Waals surface area contributed by atoms with Crippen molar-refractivity contribution in [2.24, 2.45) is 0 Å². The van der Waals surface area contributed by atoms with Gasteiger partial charge in [-0.2, -0.15) is 0 Å². The van der Waals surface area contributed by atoms with E-state index in [1.54, 1.807) is 0 Å². The van der Waals surface area contributed by atoms with Crippen LogP contribution in [-0.4, -0.2) is 42.6 Å². The minimum absolute atomic E-state index is 0.384. The molecule has 0 fully saturated rings. The van der Waals surface area contributed by atoms with Crippen molar-refractivity contribution >= 4 is 34.1 Å². The summed E-state index contributed by atoms with van der Waals surface area (Å²) in [6.45, 7) is 2.13. The van der Waals surface area contributed by atoms with E-state index in [1.165, 1.54) is 12.8 Å². The Morgan fingerprint density at radius 1 is 0.474 bits per heavy atom. The van der Waals surface area contributed by atoms with E-state index in [0.29, 0.717) is 24.3 Å². The number of hydrogen-bond acceptors (Lipinski definition) is 14. The zero-order valence-electron chi connectivity index (χ0n) is 19.0. The first-order valence-electron chi connectivity index (χ1n) is 9.75. The molecular formula is C16H18N8O14. The van der Waals surface area contributed by atoms with Gasteiger partial charge >= 0.3 is 0 Å². The van der Waals surface area contributed by atoms with Gasteiger partial charge in [0.15, 0.2) is 0 Å². The van der Waals surface area contributed by atoms with Crippen molar-refractivity contribution in [3.05, 3.63) is 85.0 Å². The summed E-state index contributed by atoms with van der Waals surface area (Å²) < 4.78 is 0. The quantitative estimate of drug-likeness (QED) is 0.221. The highest BCUT2D eigenvalue weighted by Gasteiger charge is 2.25. The number of rotatable bonds is 9. The van der Waals surface area contributed by atoms with Gasteiger partial charge in [-0.25, -0.2) is 0 Å². The lowest BCUT2D eigenvalue weighted by Crippen LogP contribution is -2.53. The molecule has 0 unspecified atom stereocenters. The maximum absolute atomic E-state index is 11.1. The van der Waals surface area contributed by atoms with Gasteiger partial charge in [-0.1, -0.05) is 0 Å². The van der Waals surface area contributed by atoms with E-state index in [-0.39, 0.29) is 0 Å². The molecule has 0 spiro atoms. The third-order valence-electron chi connectivity index (χ3n) is 4.03. The van der Waals surface area contributed by atoms with Gasteiger partial charge in [0.05, 0.1) is 78.4 Å². The van der Waals surface area contributed by atoms with Gasteiger partial charge in [-0.3, -0.25) is 60.7 Å². The Morgan fingerprint density at radius 2 is 0.684 bits per heavy atom. The van der Waals surface area contributed by atoms with Crippen LogP contribution in [0.25, 0.3) is 0 Å². The average Bonchev–Trinajstić information content (AvgIpc) is 2.82. The lowest BCUT2D eigenvalue weighted by atomic mass is 10.2. The van der Waals surface area contributed by atoms with Crippen LogP contribution < -0.4 is 21.7 Å². The molecule has 2 aromatic carbocycles. The molecule has 2 rings (SSSR count). The molecule has 0 atom stereocenters. The highest BCUT2D eigenvalue weighted by Crippen LogP contribution is 2.37. The van der Waals surface area contributed by atoms with Gasteiger partial charge in [0.1, 0.15) is 0 Å². The lowest BCUT2D eigenvalue weighted by molar-refractivity contribution is -0.420. The molecule has 0 saturated heterocycles. The molecule has 206 valence electrons. The fraction of sp³-hybridized carbons (Fsp3) is 0.250.